The predicted molar refractivity (Wildman–Crippen MR) is 86.0 cm³/mol. The molecule has 4 N–H and O–H groups in total. The van der Waals surface area contributed by atoms with Gasteiger partial charge in [0.25, 0.3) is 5.91 Å². The standard InChI is InChI=1S/C16H20N4O4/c17-13(21)9-24-16(22)20-14(10-1-5-18-6-2-10)15-11-4-8-23-12(11)3-7-19-15/h3-4,7-8,10,14,18H,1-2,5-6,9H2,(H2,17,21)(H,20,22). The van der Waals surface area contributed by atoms with Gasteiger partial charge >= 0.3 is 6.09 Å². The number of furan rings is 1. The summed E-state index contributed by atoms with van der Waals surface area (Å²) >= 11 is 0. The van der Waals surface area contributed by atoms with Gasteiger partial charge in [-0.2, -0.15) is 0 Å². The minimum Gasteiger partial charge on any atom is -0.464 e. The molecule has 0 aliphatic carbocycles. The van der Waals surface area contributed by atoms with Crippen LogP contribution < -0.4 is 16.4 Å². The van der Waals surface area contributed by atoms with Gasteiger partial charge in [0, 0.05) is 11.6 Å². The minimum absolute atomic E-state index is 0.209. The molecule has 128 valence electrons. The van der Waals surface area contributed by atoms with E-state index in [1.807, 2.05) is 6.07 Å². The number of nitrogens with two attached hydrogens (primary N) is 1. The molecule has 1 atom stereocenters. The third kappa shape index (κ3) is 3.65. The Hall–Kier alpha value is -2.61. The lowest BCUT2D eigenvalue weighted by molar-refractivity contribution is -0.120. The molecular weight excluding hydrogens is 312 g/mol. The van der Waals surface area contributed by atoms with Crippen molar-refractivity contribution in [2.45, 2.75) is 18.9 Å². The number of amides is 2. The fourth-order valence-electron chi connectivity index (χ4n) is 3.06. The Morgan fingerprint density at radius 1 is 1.42 bits per heavy atom. The van der Waals surface area contributed by atoms with E-state index in [1.165, 1.54) is 0 Å². The van der Waals surface area contributed by atoms with Crippen LogP contribution in [0.2, 0.25) is 0 Å². The van der Waals surface area contributed by atoms with E-state index < -0.39 is 18.6 Å². The van der Waals surface area contributed by atoms with E-state index in [2.05, 4.69) is 15.6 Å². The molecule has 1 unspecified atom stereocenters. The quantitative estimate of drug-likeness (QED) is 0.754. The first-order chi connectivity index (χ1) is 11.6. The average Bonchev–Trinajstić information content (AvgIpc) is 3.07. The third-order valence-corrected chi connectivity index (χ3v) is 4.18. The molecule has 0 bridgehead atoms. The Bertz CT molecular complexity index is 724. The number of alkyl carbamates (subject to hydrolysis) is 1. The van der Waals surface area contributed by atoms with Crippen LogP contribution in [-0.2, 0) is 9.53 Å². The van der Waals surface area contributed by atoms with E-state index in [0.29, 0.717) is 5.58 Å². The summed E-state index contributed by atoms with van der Waals surface area (Å²) in [6, 6.07) is 3.29. The first kappa shape index (κ1) is 16.3. The van der Waals surface area contributed by atoms with Crippen LogP contribution in [0.25, 0.3) is 11.0 Å². The van der Waals surface area contributed by atoms with Gasteiger partial charge in [-0.1, -0.05) is 0 Å². The second-order valence-corrected chi connectivity index (χ2v) is 5.78. The third-order valence-electron chi connectivity index (χ3n) is 4.18. The molecule has 1 fully saturated rings. The van der Waals surface area contributed by atoms with Crippen LogP contribution in [0.15, 0.2) is 29.0 Å². The highest BCUT2D eigenvalue weighted by molar-refractivity contribution is 5.81. The van der Waals surface area contributed by atoms with Gasteiger partial charge in [0.1, 0.15) is 5.58 Å². The van der Waals surface area contributed by atoms with Crippen LogP contribution in [-0.4, -0.2) is 36.7 Å². The highest BCUT2D eigenvalue weighted by Crippen LogP contribution is 2.32. The summed E-state index contributed by atoms with van der Waals surface area (Å²) in [7, 11) is 0. The van der Waals surface area contributed by atoms with Gasteiger partial charge in [0.05, 0.1) is 18.0 Å². The number of hydrogen-bond acceptors (Lipinski definition) is 6. The van der Waals surface area contributed by atoms with E-state index in [4.69, 9.17) is 14.9 Å². The minimum atomic E-state index is -0.696. The van der Waals surface area contributed by atoms with Gasteiger partial charge < -0.3 is 25.5 Å². The lowest BCUT2D eigenvalue weighted by atomic mass is 9.87. The molecule has 8 nitrogen and oxygen atoms in total. The van der Waals surface area contributed by atoms with E-state index in [-0.39, 0.29) is 12.0 Å². The number of primary amides is 1. The van der Waals surface area contributed by atoms with Crippen molar-refractivity contribution in [3.8, 4) is 0 Å². The molecule has 1 saturated heterocycles. The number of nitrogens with zero attached hydrogens (tertiary/aromatic N) is 1. The Morgan fingerprint density at radius 3 is 2.96 bits per heavy atom. The fraction of sp³-hybridized carbons (Fsp3) is 0.438. The van der Waals surface area contributed by atoms with E-state index in [9.17, 15) is 9.59 Å². The van der Waals surface area contributed by atoms with Crippen molar-refractivity contribution in [1.82, 2.24) is 15.6 Å². The zero-order valence-electron chi connectivity index (χ0n) is 13.2. The van der Waals surface area contributed by atoms with Gasteiger partial charge in [-0.15, -0.1) is 0 Å². The molecule has 0 aromatic carbocycles. The number of carbonyl (C=O) groups excluding carboxylic acids is 2. The Morgan fingerprint density at radius 2 is 2.21 bits per heavy atom. The number of carbonyl (C=O) groups is 2. The molecule has 8 heteroatoms. The molecule has 2 aromatic heterocycles. The van der Waals surface area contributed by atoms with Crippen LogP contribution >= 0.6 is 0 Å². The van der Waals surface area contributed by atoms with Crippen molar-refractivity contribution >= 4 is 23.0 Å². The van der Waals surface area contributed by atoms with E-state index >= 15 is 0 Å². The van der Waals surface area contributed by atoms with Gasteiger partial charge in [-0.25, -0.2) is 4.79 Å². The largest absolute Gasteiger partial charge is 0.464 e. The predicted octanol–water partition coefficient (Wildman–Crippen LogP) is 1.08. The maximum absolute atomic E-state index is 12.0. The van der Waals surface area contributed by atoms with Crippen molar-refractivity contribution in [2.24, 2.45) is 11.7 Å². The number of pyridine rings is 1. The molecule has 0 radical (unpaired) electrons. The highest BCUT2D eigenvalue weighted by atomic mass is 16.6. The van der Waals surface area contributed by atoms with Gasteiger partial charge in [0.2, 0.25) is 0 Å². The van der Waals surface area contributed by atoms with Crippen molar-refractivity contribution < 1.29 is 18.7 Å². The number of ether oxygens (including phenoxy) is 1. The SMILES string of the molecule is NC(=O)COC(=O)NC(c1nccc2occc12)C1CCNCC1. The zero-order valence-corrected chi connectivity index (χ0v) is 13.2. The summed E-state index contributed by atoms with van der Waals surface area (Å²) < 4.78 is 10.3. The van der Waals surface area contributed by atoms with Crippen molar-refractivity contribution in [3.05, 3.63) is 30.3 Å². The smallest absolute Gasteiger partial charge is 0.408 e. The van der Waals surface area contributed by atoms with Crippen LogP contribution in [0, 0.1) is 5.92 Å². The molecule has 1 aliphatic heterocycles. The van der Waals surface area contributed by atoms with Gasteiger partial charge in [-0.05, 0) is 44.0 Å². The summed E-state index contributed by atoms with van der Waals surface area (Å²) in [4.78, 5) is 27.3. The second kappa shape index (κ2) is 7.31. The van der Waals surface area contributed by atoms with E-state index in [1.54, 1.807) is 18.5 Å². The number of nitrogens with one attached hydrogen (secondary N) is 2. The number of rotatable bonds is 5. The summed E-state index contributed by atoms with van der Waals surface area (Å²) in [6.45, 7) is 1.30. The number of hydrogen-bond donors (Lipinski definition) is 3. The van der Waals surface area contributed by atoms with Crippen LogP contribution in [0.1, 0.15) is 24.6 Å². The van der Waals surface area contributed by atoms with Gasteiger partial charge in [-0.3, -0.25) is 9.78 Å². The molecule has 3 heterocycles. The maximum Gasteiger partial charge on any atom is 0.408 e. The molecule has 2 amide bonds. The first-order valence-corrected chi connectivity index (χ1v) is 7.89. The van der Waals surface area contributed by atoms with Crippen molar-refractivity contribution in [2.75, 3.05) is 19.7 Å². The summed E-state index contributed by atoms with van der Waals surface area (Å²) in [5.41, 5.74) is 6.46. The highest BCUT2D eigenvalue weighted by Gasteiger charge is 2.29. The Balaban J connectivity index is 1.85. The molecule has 2 aromatic rings. The number of piperidine rings is 1. The second-order valence-electron chi connectivity index (χ2n) is 5.78. The lowest BCUT2D eigenvalue weighted by Gasteiger charge is -2.31. The van der Waals surface area contributed by atoms with Gasteiger partial charge in [0.15, 0.2) is 6.61 Å². The molecule has 1 aliphatic rings. The van der Waals surface area contributed by atoms with Crippen molar-refractivity contribution in [3.63, 3.8) is 0 Å². The monoisotopic (exact) mass is 332 g/mol. The molecule has 24 heavy (non-hydrogen) atoms. The molecule has 0 spiro atoms. The number of fused-ring (bicyclic) bond motifs is 1. The summed E-state index contributed by atoms with van der Waals surface area (Å²) in [6.07, 6.45) is 4.37. The van der Waals surface area contributed by atoms with Crippen LogP contribution in [0.4, 0.5) is 4.79 Å². The molecule has 0 saturated carbocycles. The molecular formula is C16H20N4O4. The Labute approximate surface area is 138 Å². The Kier molecular flexibility index (Phi) is 4.95. The average molecular weight is 332 g/mol. The fourth-order valence-corrected chi connectivity index (χ4v) is 3.06. The van der Waals surface area contributed by atoms with Crippen LogP contribution in [0.5, 0.6) is 0 Å². The lowest BCUT2D eigenvalue weighted by Crippen LogP contribution is -2.40. The summed E-state index contributed by atoms with van der Waals surface area (Å²) in [5.74, 6) is -0.487. The normalized spacial score (nSPS) is 16.7. The first-order valence-electron chi connectivity index (χ1n) is 7.89. The zero-order chi connectivity index (χ0) is 16.9. The molecule has 3 rings (SSSR count). The number of aromatic nitrogens is 1. The van der Waals surface area contributed by atoms with Crippen molar-refractivity contribution in [1.29, 1.82) is 0 Å². The maximum atomic E-state index is 12.0. The van der Waals surface area contributed by atoms with E-state index in [0.717, 1.165) is 37.0 Å². The topological polar surface area (TPSA) is 119 Å². The van der Waals surface area contributed by atoms with Crippen LogP contribution in [0.3, 0.4) is 0 Å². The summed E-state index contributed by atoms with van der Waals surface area (Å²) in [5, 5.41) is 7.00.